The Morgan fingerprint density at radius 1 is 0.973 bits per heavy atom. The van der Waals surface area contributed by atoms with Gasteiger partial charge >= 0.3 is 11.8 Å². The maximum absolute atomic E-state index is 12.4. The van der Waals surface area contributed by atoms with E-state index < -0.39 is 11.8 Å². The maximum atomic E-state index is 12.4. The van der Waals surface area contributed by atoms with Gasteiger partial charge in [0, 0.05) is 20.9 Å². The van der Waals surface area contributed by atoms with Crippen LogP contribution in [-0.2, 0) is 14.4 Å². The van der Waals surface area contributed by atoms with Crippen molar-refractivity contribution in [1.29, 1.82) is 0 Å². The van der Waals surface area contributed by atoms with Crippen LogP contribution in [-0.4, -0.2) is 37.1 Å². The van der Waals surface area contributed by atoms with E-state index in [-0.39, 0.29) is 12.5 Å². The van der Waals surface area contributed by atoms with Crippen LogP contribution in [0.3, 0.4) is 0 Å². The fourth-order valence-electron chi connectivity index (χ4n) is 3.06. The molecule has 0 aromatic heterocycles. The number of hydrogen-bond acceptors (Lipinski definition) is 6. The molecule has 0 atom stereocenters. The van der Waals surface area contributed by atoms with Crippen molar-refractivity contribution >= 4 is 62.8 Å². The van der Waals surface area contributed by atoms with Gasteiger partial charge in [-0.1, -0.05) is 33.6 Å². The molecule has 0 spiro atoms. The van der Waals surface area contributed by atoms with Gasteiger partial charge in [0.2, 0.25) is 0 Å². The third-order valence-corrected chi connectivity index (χ3v) is 5.49. The molecule has 0 saturated carbocycles. The highest BCUT2D eigenvalue weighted by Crippen LogP contribution is 2.28. The number of carbonyl (C=O) groups excluding carboxylic acids is 3. The summed E-state index contributed by atoms with van der Waals surface area (Å²) >= 11 is 9.26. The lowest BCUT2D eigenvalue weighted by Gasteiger charge is -2.13. The number of benzene rings is 3. The van der Waals surface area contributed by atoms with Crippen LogP contribution in [0.15, 0.2) is 70.2 Å². The second-order valence-electron chi connectivity index (χ2n) is 7.60. The summed E-state index contributed by atoms with van der Waals surface area (Å²) in [5.41, 5.74) is 4.72. The fraction of sp³-hybridized carbons (Fsp3) is 0.154. The van der Waals surface area contributed by atoms with Crippen molar-refractivity contribution in [2.75, 3.05) is 23.8 Å². The van der Waals surface area contributed by atoms with Gasteiger partial charge in [-0.2, -0.15) is 5.10 Å². The van der Waals surface area contributed by atoms with E-state index in [4.69, 9.17) is 21.1 Å². The van der Waals surface area contributed by atoms with Crippen molar-refractivity contribution in [2.24, 2.45) is 5.10 Å². The average molecular weight is 588 g/mol. The molecule has 0 unspecified atom stereocenters. The summed E-state index contributed by atoms with van der Waals surface area (Å²) in [7, 11) is 0. The van der Waals surface area contributed by atoms with E-state index in [9.17, 15) is 14.4 Å². The second kappa shape index (κ2) is 13.4. The van der Waals surface area contributed by atoms with Crippen LogP contribution in [0.25, 0.3) is 0 Å². The molecule has 0 radical (unpaired) electrons. The number of ether oxygens (including phenoxy) is 2. The van der Waals surface area contributed by atoms with Crippen LogP contribution in [0.5, 0.6) is 11.5 Å². The van der Waals surface area contributed by atoms with Crippen molar-refractivity contribution in [1.82, 2.24) is 5.43 Å². The molecule has 0 aliphatic rings. The number of nitrogens with zero attached hydrogens (tertiary/aromatic N) is 1. The molecule has 11 heteroatoms. The Kier molecular flexibility index (Phi) is 10.0. The third-order valence-electron chi connectivity index (χ3n) is 4.76. The molecule has 3 amide bonds. The predicted molar refractivity (Wildman–Crippen MR) is 146 cm³/mol. The molecule has 0 heterocycles. The van der Waals surface area contributed by atoms with E-state index in [0.29, 0.717) is 40.1 Å². The van der Waals surface area contributed by atoms with Gasteiger partial charge in [-0.15, -0.1) is 0 Å². The summed E-state index contributed by atoms with van der Waals surface area (Å²) in [6.45, 7) is 3.84. The molecule has 3 aromatic carbocycles. The second-order valence-corrected chi connectivity index (χ2v) is 8.95. The Balaban J connectivity index is 1.56. The zero-order valence-electron chi connectivity index (χ0n) is 20.0. The largest absolute Gasteiger partial charge is 0.490 e. The smallest absolute Gasteiger partial charge is 0.329 e. The van der Waals surface area contributed by atoms with Crippen molar-refractivity contribution in [2.45, 2.75) is 13.8 Å². The number of nitrogens with one attached hydrogen (secondary N) is 3. The highest BCUT2D eigenvalue weighted by molar-refractivity contribution is 9.10. The summed E-state index contributed by atoms with van der Waals surface area (Å²) in [4.78, 5) is 36.4. The average Bonchev–Trinajstić information content (AvgIpc) is 2.85. The first kappa shape index (κ1) is 27.7. The minimum Gasteiger partial charge on any atom is -0.490 e. The van der Waals surface area contributed by atoms with E-state index in [1.807, 2.05) is 26.0 Å². The molecule has 0 aliphatic heterocycles. The van der Waals surface area contributed by atoms with Crippen LogP contribution in [0, 0.1) is 6.92 Å². The van der Waals surface area contributed by atoms with E-state index in [1.54, 1.807) is 42.5 Å². The van der Waals surface area contributed by atoms with Crippen LogP contribution in [0.2, 0.25) is 5.02 Å². The van der Waals surface area contributed by atoms with E-state index in [2.05, 4.69) is 37.1 Å². The minimum absolute atomic E-state index is 0.221. The maximum Gasteiger partial charge on any atom is 0.329 e. The predicted octanol–water partition coefficient (Wildman–Crippen LogP) is 4.92. The van der Waals surface area contributed by atoms with Crippen LogP contribution < -0.4 is 25.5 Å². The Labute approximate surface area is 227 Å². The number of halogens is 2. The third kappa shape index (κ3) is 8.62. The van der Waals surface area contributed by atoms with Gasteiger partial charge < -0.3 is 20.1 Å². The normalized spacial score (nSPS) is 10.6. The monoisotopic (exact) mass is 586 g/mol. The van der Waals surface area contributed by atoms with Crippen molar-refractivity contribution in [3.8, 4) is 11.5 Å². The molecular weight excluding hydrogens is 564 g/mol. The first-order valence-electron chi connectivity index (χ1n) is 11.1. The number of carbonyl (C=O) groups is 3. The molecule has 37 heavy (non-hydrogen) atoms. The molecule has 3 aromatic rings. The minimum atomic E-state index is -0.951. The van der Waals surface area contributed by atoms with Gasteiger partial charge in [-0.3, -0.25) is 14.4 Å². The van der Waals surface area contributed by atoms with E-state index in [1.165, 1.54) is 12.3 Å². The Morgan fingerprint density at radius 3 is 2.51 bits per heavy atom. The van der Waals surface area contributed by atoms with Gasteiger partial charge in [0.1, 0.15) is 0 Å². The number of aryl methyl sites for hydroxylation is 1. The Morgan fingerprint density at radius 2 is 1.78 bits per heavy atom. The lowest BCUT2D eigenvalue weighted by atomic mass is 10.2. The number of amides is 3. The molecule has 192 valence electrons. The molecule has 0 bridgehead atoms. The zero-order valence-corrected chi connectivity index (χ0v) is 22.4. The SMILES string of the molecule is CCOc1cc(/C=N\NC(=O)C(=O)Nc2cccc(Cl)c2)ccc1OCC(=O)Nc1ccc(Br)cc1C. The van der Waals surface area contributed by atoms with Gasteiger partial charge in [0.15, 0.2) is 18.1 Å². The van der Waals surface area contributed by atoms with Gasteiger partial charge in [-0.05, 0) is 79.6 Å². The van der Waals surface area contributed by atoms with Crippen LogP contribution >= 0.6 is 27.5 Å². The lowest BCUT2D eigenvalue weighted by molar-refractivity contribution is -0.136. The molecule has 9 nitrogen and oxygen atoms in total. The van der Waals surface area contributed by atoms with Gasteiger partial charge in [0.05, 0.1) is 12.8 Å². The summed E-state index contributed by atoms with van der Waals surface area (Å²) in [6, 6.07) is 16.9. The number of hydrogen-bond donors (Lipinski definition) is 3. The van der Waals surface area contributed by atoms with Crippen molar-refractivity contribution in [3.05, 3.63) is 81.3 Å². The molecule has 3 N–H and O–H groups in total. The standard InChI is InChI=1S/C26H24BrClN4O5/c1-3-36-23-12-17(14-29-32-26(35)25(34)30-20-6-4-5-19(28)13-20)7-10-22(23)37-15-24(33)31-21-9-8-18(27)11-16(21)2/h4-14H,3,15H2,1-2H3,(H,30,34)(H,31,33)(H,32,35)/b29-14-. The number of anilines is 2. The van der Waals surface area contributed by atoms with Crippen LogP contribution in [0.1, 0.15) is 18.1 Å². The molecule has 0 fully saturated rings. The topological polar surface area (TPSA) is 118 Å². The Hall–Kier alpha value is -3.89. The number of rotatable bonds is 9. The first-order valence-corrected chi connectivity index (χ1v) is 12.3. The quantitative estimate of drug-likeness (QED) is 0.187. The fourth-order valence-corrected chi connectivity index (χ4v) is 3.73. The van der Waals surface area contributed by atoms with Gasteiger partial charge in [-0.25, -0.2) is 5.43 Å². The highest BCUT2D eigenvalue weighted by Gasteiger charge is 2.13. The Bertz CT molecular complexity index is 1330. The summed E-state index contributed by atoms with van der Waals surface area (Å²) in [5, 5.41) is 9.48. The zero-order chi connectivity index (χ0) is 26.8. The molecule has 0 saturated heterocycles. The van der Waals surface area contributed by atoms with Crippen LogP contribution in [0.4, 0.5) is 11.4 Å². The van der Waals surface area contributed by atoms with Crippen molar-refractivity contribution in [3.63, 3.8) is 0 Å². The molecular formula is C26H24BrClN4O5. The van der Waals surface area contributed by atoms with Crippen molar-refractivity contribution < 1.29 is 23.9 Å². The number of hydrazone groups is 1. The van der Waals surface area contributed by atoms with Gasteiger partial charge in [0.25, 0.3) is 5.91 Å². The summed E-state index contributed by atoms with van der Waals surface area (Å²) in [6.07, 6.45) is 1.35. The summed E-state index contributed by atoms with van der Waals surface area (Å²) in [5.74, 6) is -1.41. The molecule has 3 rings (SSSR count). The summed E-state index contributed by atoms with van der Waals surface area (Å²) < 4.78 is 12.2. The van der Waals surface area contributed by atoms with E-state index in [0.717, 1.165) is 10.0 Å². The van der Waals surface area contributed by atoms with E-state index >= 15 is 0 Å². The first-order chi connectivity index (χ1) is 17.7. The molecule has 0 aliphatic carbocycles. The highest BCUT2D eigenvalue weighted by atomic mass is 79.9. The lowest BCUT2D eigenvalue weighted by Crippen LogP contribution is -2.32.